The van der Waals surface area contributed by atoms with E-state index in [-0.39, 0.29) is 5.41 Å². The van der Waals surface area contributed by atoms with Crippen molar-refractivity contribution in [2.75, 3.05) is 4.90 Å². The summed E-state index contributed by atoms with van der Waals surface area (Å²) in [5.41, 5.74) is 18.9. The third kappa shape index (κ3) is 7.87. The molecule has 0 aliphatic carbocycles. The Hall–Kier alpha value is -7.74. The van der Waals surface area contributed by atoms with Gasteiger partial charge in [-0.2, -0.15) is 0 Å². The highest BCUT2D eigenvalue weighted by molar-refractivity contribution is 6.09. The van der Waals surface area contributed by atoms with E-state index in [2.05, 4.69) is 268 Å². The number of fused-ring (bicyclic) bond motifs is 1. The Labute approximate surface area is 372 Å². The smallest absolute Gasteiger partial charge is 0.0540 e. The van der Waals surface area contributed by atoms with E-state index in [0.29, 0.717) is 0 Å². The van der Waals surface area contributed by atoms with Gasteiger partial charge in [-0.1, -0.05) is 227 Å². The fourth-order valence-electron chi connectivity index (χ4n) is 9.03. The summed E-state index contributed by atoms with van der Waals surface area (Å²) < 4.78 is 0. The molecule has 0 aliphatic heterocycles. The molecule has 1 heteroatoms. The third-order valence-corrected chi connectivity index (χ3v) is 12.3. The molecule has 10 aromatic rings. The molecule has 0 amide bonds. The van der Waals surface area contributed by atoms with Gasteiger partial charge < -0.3 is 4.90 Å². The first-order chi connectivity index (χ1) is 30.9. The standard InChI is InChI=1S/C62H49N/c1-62(2,3)51-37-41-60(58(43-51)48-26-14-7-15-27-48)63(59-33-17-16-30-55(59)56-32-19-29-49-28-18-31-54(61(49)56)46-22-10-5-11-23-46)52-38-34-44(35-39-52)50-36-40-53(45-20-8-4-9-21-45)57(42-50)47-24-12-6-13-25-47/h4-43H,1-3H3. The van der Waals surface area contributed by atoms with E-state index in [1.165, 1.54) is 77.5 Å². The first-order valence-corrected chi connectivity index (χ1v) is 21.9. The van der Waals surface area contributed by atoms with Crippen molar-refractivity contribution in [2.24, 2.45) is 0 Å². The predicted octanol–water partition coefficient (Wildman–Crippen LogP) is 17.6. The van der Waals surface area contributed by atoms with Crippen LogP contribution in [0.25, 0.3) is 77.5 Å². The van der Waals surface area contributed by atoms with E-state index in [9.17, 15) is 0 Å². The lowest BCUT2D eigenvalue weighted by Gasteiger charge is -2.31. The molecule has 0 saturated carbocycles. The van der Waals surface area contributed by atoms with Crippen LogP contribution in [-0.2, 0) is 5.41 Å². The van der Waals surface area contributed by atoms with Crippen LogP contribution in [-0.4, -0.2) is 0 Å². The first-order valence-electron chi connectivity index (χ1n) is 21.9. The van der Waals surface area contributed by atoms with Crippen LogP contribution in [0.1, 0.15) is 26.3 Å². The van der Waals surface area contributed by atoms with Gasteiger partial charge in [-0.05, 0) is 114 Å². The van der Waals surface area contributed by atoms with Gasteiger partial charge in [-0.3, -0.25) is 0 Å². The number of hydrogen-bond donors (Lipinski definition) is 0. The molecule has 0 heterocycles. The lowest BCUT2D eigenvalue weighted by Crippen LogP contribution is -2.15. The third-order valence-electron chi connectivity index (χ3n) is 12.3. The van der Waals surface area contributed by atoms with E-state index in [1.54, 1.807) is 0 Å². The average molecular weight is 808 g/mol. The van der Waals surface area contributed by atoms with Crippen molar-refractivity contribution in [3.63, 3.8) is 0 Å². The van der Waals surface area contributed by atoms with Crippen LogP contribution >= 0.6 is 0 Å². The molecule has 0 aromatic heterocycles. The molecular weight excluding hydrogens is 759 g/mol. The van der Waals surface area contributed by atoms with Crippen LogP contribution in [0.4, 0.5) is 17.1 Å². The molecule has 10 rings (SSSR count). The summed E-state index contributed by atoms with van der Waals surface area (Å²) in [5, 5.41) is 2.46. The second kappa shape index (κ2) is 17.0. The minimum absolute atomic E-state index is 0.0299. The van der Waals surface area contributed by atoms with Crippen LogP contribution in [0, 0.1) is 0 Å². The summed E-state index contributed by atoms with van der Waals surface area (Å²) in [7, 11) is 0. The predicted molar refractivity (Wildman–Crippen MR) is 270 cm³/mol. The van der Waals surface area contributed by atoms with E-state index in [0.717, 1.165) is 22.6 Å². The molecule has 0 saturated heterocycles. The van der Waals surface area contributed by atoms with E-state index < -0.39 is 0 Å². The van der Waals surface area contributed by atoms with Crippen molar-refractivity contribution in [1.82, 2.24) is 0 Å². The minimum atomic E-state index is -0.0299. The first kappa shape index (κ1) is 39.4. The average Bonchev–Trinajstić information content (AvgIpc) is 3.35. The largest absolute Gasteiger partial charge is 0.309 e. The molecule has 0 aliphatic rings. The van der Waals surface area contributed by atoms with Gasteiger partial charge in [0.2, 0.25) is 0 Å². The normalized spacial score (nSPS) is 11.4. The summed E-state index contributed by atoms with van der Waals surface area (Å²) in [6.45, 7) is 6.88. The van der Waals surface area contributed by atoms with Gasteiger partial charge in [0, 0.05) is 16.8 Å². The monoisotopic (exact) mass is 807 g/mol. The summed E-state index contributed by atoms with van der Waals surface area (Å²) in [6.07, 6.45) is 0. The summed E-state index contributed by atoms with van der Waals surface area (Å²) in [6, 6.07) is 88.5. The molecule has 63 heavy (non-hydrogen) atoms. The topological polar surface area (TPSA) is 3.24 Å². The molecule has 0 spiro atoms. The minimum Gasteiger partial charge on any atom is -0.309 e. The fourth-order valence-corrected chi connectivity index (χ4v) is 9.03. The van der Waals surface area contributed by atoms with Crippen LogP contribution in [0.2, 0.25) is 0 Å². The number of rotatable bonds is 9. The van der Waals surface area contributed by atoms with Gasteiger partial charge in [-0.25, -0.2) is 0 Å². The molecule has 0 radical (unpaired) electrons. The molecule has 0 N–H and O–H groups in total. The van der Waals surface area contributed by atoms with E-state index in [1.807, 2.05) is 0 Å². The van der Waals surface area contributed by atoms with Crippen LogP contribution in [0.3, 0.4) is 0 Å². The van der Waals surface area contributed by atoms with Gasteiger partial charge in [-0.15, -0.1) is 0 Å². The number of benzene rings is 10. The zero-order valence-electron chi connectivity index (χ0n) is 36.0. The Morgan fingerprint density at radius 3 is 1.37 bits per heavy atom. The second-order valence-corrected chi connectivity index (χ2v) is 17.3. The van der Waals surface area contributed by atoms with Gasteiger partial charge in [0.25, 0.3) is 0 Å². The van der Waals surface area contributed by atoms with Crippen molar-refractivity contribution in [1.29, 1.82) is 0 Å². The van der Waals surface area contributed by atoms with Crippen LogP contribution < -0.4 is 4.90 Å². The summed E-state index contributed by atoms with van der Waals surface area (Å²) in [5.74, 6) is 0. The highest BCUT2D eigenvalue weighted by Crippen LogP contribution is 2.48. The SMILES string of the molecule is CC(C)(C)c1ccc(N(c2ccc(-c3ccc(-c4ccccc4)c(-c4ccccc4)c3)cc2)c2ccccc2-c2cccc3cccc(-c4ccccc4)c23)c(-c2ccccc2)c1. The molecule has 10 aromatic carbocycles. The van der Waals surface area contributed by atoms with Crippen LogP contribution in [0.5, 0.6) is 0 Å². The Bertz CT molecular complexity index is 3160. The quantitative estimate of drug-likeness (QED) is 0.140. The highest BCUT2D eigenvalue weighted by Gasteiger charge is 2.24. The molecule has 1 nitrogen and oxygen atoms in total. The maximum Gasteiger partial charge on any atom is 0.0540 e. The lowest BCUT2D eigenvalue weighted by molar-refractivity contribution is 0.590. The Morgan fingerprint density at radius 2 is 0.762 bits per heavy atom. The van der Waals surface area contributed by atoms with Gasteiger partial charge >= 0.3 is 0 Å². The van der Waals surface area contributed by atoms with Crippen molar-refractivity contribution in [2.45, 2.75) is 26.2 Å². The fraction of sp³-hybridized carbons (Fsp3) is 0.0645. The second-order valence-electron chi connectivity index (χ2n) is 17.3. The number of anilines is 3. The number of hydrogen-bond acceptors (Lipinski definition) is 1. The molecule has 0 bridgehead atoms. The molecule has 0 unspecified atom stereocenters. The van der Waals surface area contributed by atoms with Crippen molar-refractivity contribution in [3.8, 4) is 66.8 Å². The van der Waals surface area contributed by atoms with Gasteiger partial charge in [0.15, 0.2) is 0 Å². The van der Waals surface area contributed by atoms with E-state index in [4.69, 9.17) is 0 Å². The Balaban J connectivity index is 1.18. The van der Waals surface area contributed by atoms with Gasteiger partial charge in [0.05, 0.1) is 11.4 Å². The van der Waals surface area contributed by atoms with Crippen LogP contribution in [0.15, 0.2) is 243 Å². The lowest BCUT2D eigenvalue weighted by atomic mass is 9.84. The Morgan fingerprint density at radius 1 is 0.286 bits per heavy atom. The summed E-state index contributed by atoms with van der Waals surface area (Å²) >= 11 is 0. The van der Waals surface area contributed by atoms with Gasteiger partial charge in [0.1, 0.15) is 0 Å². The summed E-state index contributed by atoms with van der Waals surface area (Å²) in [4.78, 5) is 2.48. The number of nitrogens with zero attached hydrogens (tertiary/aromatic N) is 1. The maximum absolute atomic E-state index is 2.48. The zero-order valence-corrected chi connectivity index (χ0v) is 36.0. The molecular formula is C62H49N. The van der Waals surface area contributed by atoms with Crippen molar-refractivity contribution in [3.05, 3.63) is 248 Å². The highest BCUT2D eigenvalue weighted by atomic mass is 15.1. The maximum atomic E-state index is 2.48. The van der Waals surface area contributed by atoms with Crippen molar-refractivity contribution >= 4 is 27.8 Å². The zero-order chi connectivity index (χ0) is 42.8. The number of para-hydroxylation sites is 1. The Kier molecular flexibility index (Phi) is 10.6. The van der Waals surface area contributed by atoms with Crippen molar-refractivity contribution < 1.29 is 0 Å². The molecule has 0 fully saturated rings. The molecule has 0 atom stereocenters. The van der Waals surface area contributed by atoms with E-state index >= 15 is 0 Å². The molecule has 302 valence electrons.